The first-order chi connectivity index (χ1) is 26.8. The first kappa shape index (κ1) is 37.6. The highest BCUT2D eigenvalue weighted by atomic mass is 31.2. The van der Waals surface area contributed by atoms with Gasteiger partial charge >= 0.3 is 0 Å². The van der Waals surface area contributed by atoms with Crippen molar-refractivity contribution in [1.82, 2.24) is 0 Å². The lowest BCUT2D eigenvalue weighted by molar-refractivity contribution is 1.46. The van der Waals surface area contributed by atoms with Gasteiger partial charge in [-0.1, -0.05) is 192 Å². The molecule has 0 saturated heterocycles. The minimum Gasteiger partial charge on any atom is -0.195 e. The molecule has 0 aliphatic heterocycles. The fourth-order valence-electron chi connectivity index (χ4n) is 8.33. The zero-order valence-corrected chi connectivity index (χ0v) is 33.6. The lowest BCUT2D eigenvalue weighted by atomic mass is 9.13. The van der Waals surface area contributed by atoms with E-state index in [1.54, 1.807) is 0 Å². The van der Waals surface area contributed by atoms with Crippen molar-refractivity contribution >= 4 is 56.5 Å². The maximum atomic E-state index is 2.32. The van der Waals surface area contributed by atoms with Crippen molar-refractivity contribution in [3.63, 3.8) is 0 Å². The quantitative estimate of drug-likeness (QED) is 0.108. The molecule has 0 aromatic heterocycles. The fourth-order valence-corrected chi connectivity index (χ4v) is 12.8. The smallest absolute Gasteiger partial charge is 0.144 e. The van der Waals surface area contributed by atoms with Gasteiger partial charge in [-0.15, -0.1) is 0 Å². The van der Waals surface area contributed by atoms with E-state index in [1.165, 1.54) is 70.9 Å². The van der Waals surface area contributed by atoms with E-state index in [0.717, 1.165) is 0 Å². The summed E-state index contributed by atoms with van der Waals surface area (Å²) in [5.41, 5.74) is 11.9. The largest absolute Gasteiger partial charge is 0.195 e. The predicted molar refractivity (Wildman–Crippen MR) is 245 cm³/mol. The Morgan fingerprint density at radius 1 is 0.273 bits per heavy atom. The molecule has 0 heterocycles. The summed E-state index contributed by atoms with van der Waals surface area (Å²) < 4.78 is 0. The summed E-state index contributed by atoms with van der Waals surface area (Å²) in [6.07, 6.45) is -1.27. The number of hydrogen-bond donors (Lipinski definition) is 0. The molecule has 8 rings (SSSR count). The average molecular weight is 729 g/mol. The van der Waals surface area contributed by atoms with Crippen LogP contribution in [-0.2, 0) is 0 Å². The van der Waals surface area contributed by atoms with Gasteiger partial charge in [-0.05, 0) is 82.6 Å². The van der Waals surface area contributed by atoms with Crippen molar-refractivity contribution in [3.8, 4) is 0 Å². The Bertz CT molecular complexity index is 2130. The molecule has 0 saturated carbocycles. The van der Waals surface area contributed by atoms with Gasteiger partial charge in [0.25, 0.3) is 0 Å². The summed E-state index contributed by atoms with van der Waals surface area (Å²) in [6.45, 7) is 10.9. The van der Waals surface area contributed by atoms with Crippen LogP contribution in [0.15, 0.2) is 212 Å². The fraction of sp³-hybridized carbons (Fsp3) is 0.0943. The number of benzene rings is 8. The van der Waals surface area contributed by atoms with Crippen LogP contribution in [0, 0.1) is 34.6 Å². The van der Waals surface area contributed by atoms with E-state index in [-0.39, 0.29) is 0 Å². The third-order valence-electron chi connectivity index (χ3n) is 11.2. The number of hydrogen-bond acceptors (Lipinski definition) is 0. The van der Waals surface area contributed by atoms with E-state index in [2.05, 4.69) is 247 Å². The molecule has 2 heteroatoms. The summed E-state index contributed by atoms with van der Waals surface area (Å²) in [7, 11) is -1.94. The normalized spacial score (nSPS) is 11.4. The summed E-state index contributed by atoms with van der Waals surface area (Å²) >= 11 is 0. The van der Waals surface area contributed by atoms with E-state index < -0.39 is 13.4 Å². The van der Waals surface area contributed by atoms with Gasteiger partial charge in [0, 0.05) is 0 Å². The molecule has 0 bridgehead atoms. The molecule has 0 nitrogen and oxygen atoms in total. The summed E-state index contributed by atoms with van der Waals surface area (Å²) in [5.74, 6) is 0. The first-order valence-corrected chi connectivity index (χ1v) is 21.2. The van der Waals surface area contributed by atoms with Crippen LogP contribution in [0.3, 0.4) is 0 Å². The van der Waals surface area contributed by atoms with Gasteiger partial charge in [0.2, 0.25) is 0 Å². The molecular weight excluding hydrogens is 678 g/mol. The van der Waals surface area contributed by atoms with Crippen molar-refractivity contribution in [1.29, 1.82) is 0 Å². The van der Waals surface area contributed by atoms with Crippen molar-refractivity contribution < 1.29 is 0 Å². The third-order valence-corrected chi connectivity index (χ3v) is 15.7. The summed E-state index contributed by atoms with van der Waals surface area (Å²) in [5, 5.41) is 5.62. The van der Waals surface area contributed by atoms with Crippen molar-refractivity contribution in [2.24, 2.45) is 0 Å². The van der Waals surface area contributed by atoms with Crippen LogP contribution in [0.2, 0.25) is 0 Å². The predicted octanol–water partition coefficient (Wildman–Crippen LogP) is 8.91. The maximum Gasteiger partial charge on any atom is 0.144 e. The van der Waals surface area contributed by atoms with E-state index >= 15 is 0 Å². The van der Waals surface area contributed by atoms with E-state index in [4.69, 9.17) is 0 Å². The molecular formula is C53H50BP. The Kier molecular flexibility index (Phi) is 11.4. The second-order valence-corrected chi connectivity index (χ2v) is 18.3. The average Bonchev–Trinajstić information content (AvgIpc) is 3.23. The molecule has 0 aliphatic rings. The molecule has 270 valence electrons. The topological polar surface area (TPSA) is 0 Å². The molecule has 8 aromatic carbocycles. The molecule has 0 radical (unpaired) electrons. The molecule has 0 fully saturated rings. The SMILES string of the molecule is Cc1ccc([B-](c2ccc(C)cc2)(c2ccc(C)cc2)c2ccc(C)cc2)cc1.Cc1ccccc1[P+](c1ccccc1)(c1ccccc1)c1ccccc1. The van der Waals surface area contributed by atoms with Crippen LogP contribution in [0.5, 0.6) is 0 Å². The minimum atomic E-state index is -1.94. The molecule has 0 aliphatic carbocycles. The van der Waals surface area contributed by atoms with Gasteiger partial charge in [0.05, 0.1) is 0 Å². The third kappa shape index (κ3) is 7.51. The molecule has 0 N–H and O–H groups in total. The lowest BCUT2D eigenvalue weighted by Crippen LogP contribution is -2.74. The van der Waals surface area contributed by atoms with Crippen LogP contribution >= 0.6 is 7.26 Å². The first-order valence-electron chi connectivity index (χ1n) is 19.4. The number of aryl methyl sites for hydroxylation is 5. The molecule has 0 unspecified atom stereocenters. The Labute approximate surface area is 329 Å². The zero-order valence-electron chi connectivity index (χ0n) is 32.7. The standard InChI is InChI=1S/C28H28B.C25H22P/c1-21-5-13-25(14-6-21)29(26-15-7-22(2)8-16-26,27-17-9-23(3)10-18-27)28-19-11-24(4)12-20-28;1-21-13-11-12-20-25(21)26(22-14-5-2-6-15-22,23-16-7-3-8-17-23)24-18-9-4-10-19-24/h5-20H,1-4H3;2-20H,1H3/q-1;+1. The molecule has 8 aromatic rings. The highest BCUT2D eigenvalue weighted by Crippen LogP contribution is 2.54. The van der Waals surface area contributed by atoms with E-state index in [0.29, 0.717) is 0 Å². The van der Waals surface area contributed by atoms with Gasteiger partial charge in [-0.2, -0.15) is 21.9 Å². The zero-order chi connectivity index (χ0) is 38.3. The van der Waals surface area contributed by atoms with Gasteiger partial charge in [0.15, 0.2) is 0 Å². The molecule has 0 amide bonds. The minimum absolute atomic E-state index is 1.27. The highest BCUT2D eigenvalue weighted by Gasteiger charge is 2.48. The second kappa shape index (κ2) is 16.7. The maximum absolute atomic E-state index is 2.32. The van der Waals surface area contributed by atoms with Crippen LogP contribution in [0.25, 0.3) is 0 Å². The Morgan fingerprint density at radius 3 is 0.800 bits per heavy atom. The van der Waals surface area contributed by atoms with Crippen molar-refractivity contribution in [3.05, 3.63) is 240 Å². The van der Waals surface area contributed by atoms with Crippen molar-refractivity contribution in [2.45, 2.75) is 34.6 Å². The van der Waals surface area contributed by atoms with Gasteiger partial charge < -0.3 is 0 Å². The summed E-state index contributed by atoms with van der Waals surface area (Å²) in [4.78, 5) is 0. The second-order valence-electron chi connectivity index (χ2n) is 15.0. The number of rotatable bonds is 8. The molecule has 0 atom stereocenters. The van der Waals surface area contributed by atoms with Crippen LogP contribution in [0.1, 0.15) is 27.8 Å². The Morgan fingerprint density at radius 2 is 0.527 bits per heavy atom. The molecule has 55 heavy (non-hydrogen) atoms. The highest BCUT2D eigenvalue weighted by molar-refractivity contribution is 8.01. The Balaban J connectivity index is 0.000000170. The lowest BCUT2D eigenvalue weighted by Gasteiger charge is -2.44. The summed E-state index contributed by atoms with van der Waals surface area (Å²) in [6, 6.07) is 78.3. The molecule has 0 spiro atoms. The Hall–Kier alpha value is -5.75. The monoisotopic (exact) mass is 728 g/mol. The van der Waals surface area contributed by atoms with Crippen molar-refractivity contribution in [2.75, 3.05) is 0 Å². The van der Waals surface area contributed by atoms with Gasteiger partial charge in [-0.25, -0.2) is 0 Å². The van der Waals surface area contributed by atoms with Gasteiger partial charge in [-0.3, -0.25) is 0 Å². The van der Waals surface area contributed by atoms with E-state index in [9.17, 15) is 0 Å². The van der Waals surface area contributed by atoms with Gasteiger partial charge in [0.1, 0.15) is 34.6 Å². The van der Waals surface area contributed by atoms with E-state index in [1.807, 2.05) is 0 Å². The van der Waals surface area contributed by atoms with Crippen LogP contribution in [-0.4, -0.2) is 6.15 Å². The van der Waals surface area contributed by atoms with Crippen LogP contribution < -0.4 is 43.1 Å². The van der Waals surface area contributed by atoms with Crippen LogP contribution in [0.4, 0.5) is 0 Å².